The number of benzene rings is 7. The first kappa shape index (κ1) is 37.2. The zero-order valence-electron chi connectivity index (χ0n) is 35.8. The summed E-state index contributed by atoms with van der Waals surface area (Å²) in [5, 5.41) is 7.16. The first-order valence-electron chi connectivity index (χ1n) is 21.9. The van der Waals surface area contributed by atoms with E-state index in [1.54, 1.807) is 0 Å². The lowest BCUT2D eigenvalue weighted by atomic mass is 9.63. The van der Waals surface area contributed by atoms with Gasteiger partial charge >= 0.3 is 0 Å². The average molecular weight is 813 g/mol. The molecule has 4 aromatic heterocycles. The number of rotatable bonds is 5. The van der Waals surface area contributed by atoms with E-state index >= 15 is 0 Å². The first-order valence-corrected chi connectivity index (χ1v) is 21.9. The van der Waals surface area contributed by atoms with Crippen molar-refractivity contribution in [3.05, 3.63) is 181 Å². The number of hydrogen-bond donors (Lipinski definition) is 0. The van der Waals surface area contributed by atoms with Crippen molar-refractivity contribution < 1.29 is 0 Å². The van der Waals surface area contributed by atoms with Crippen molar-refractivity contribution >= 4 is 54.4 Å². The highest BCUT2D eigenvalue weighted by Crippen LogP contribution is 2.49. The van der Waals surface area contributed by atoms with Crippen molar-refractivity contribution in [2.45, 2.75) is 51.4 Å². The number of hydrogen-bond acceptors (Lipinski definition) is 5. The van der Waals surface area contributed by atoms with Crippen molar-refractivity contribution in [2.75, 3.05) is 0 Å². The van der Waals surface area contributed by atoms with Crippen molar-refractivity contribution in [3.63, 3.8) is 0 Å². The minimum atomic E-state index is 0.0739. The van der Waals surface area contributed by atoms with E-state index in [0.717, 1.165) is 56.2 Å². The van der Waals surface area contributed by atoms with Gasteiger partial charge in [0, 0.05) is 44.6 Å². The average Bonchev–Trinajstić information content (AvgIpc) is 3.67. The minimum absolute atomic E-state index is 0.0739. The molecule has 0 bridgehead atoms. The lowest BCUT2D eigenvalue weighted by Crippen LogP contribution is -2.33. The summed E-state index contributed by atoms with van der Waals surface area (Å²) in [5.74, 6) is 1.67. The molecule has 0 N–H and O–H groups in total. The molecular weight excluding hydrogens is 769 g/mol. The number of fused-ring (bicyclic) bond motifs is 9. The molecule has 302 valence electrons. The fraction of sp³-hybridized carbons (Fsp3) is 0.140. The molecule has 6 heteroatoms. The van der Waals surface area contributed by atoms with Crippen molar-refractivity contribution in [1.82, 2.24) is 29.5 Å². The molecule has 12 rings (SSSR count). The van der Waals surface area contributed by atoms with Gasteiger partial charge in [0.25, 0.3) is 0 Å². The third-order valence-corrected chi connectivity index (χ3v) is 13.5. The highest BCUT2D eigenvalue weighted by Gasteiger charge is 2.38. The molecule has 0 radical (unpaired) electrons. The van der Waals surface area contributed by atoms with Crippen molar-refractivity contribution in [1.29, 1.82) is 0 Å². The Kier molecular flexibility index (Phi) is 8.26. The molecule has 0 unspecified atom stereocenters. The molecule has 4 heterocycles. The van der Waals surface area contributed by atoms with Crippen LogP contribution >= 0.6 is 0 Å². The molecule has 6 nitrogen and oxygen atoms in total. The monoisotopic (exact) mass is 812 g/mol. The molecule has 0 atom stereocenters. The van der Waals surface area contributed by atoms with Gasteiger partial charge in [-0.25, -0.2) is 19.9 Å². The van der Waals surface area contributed by atoms with Crippen LogP contribution in [0.4, 0.5) is 0 Å². The lowest BCUT2D eigenvalue weighted by Gasteiger charge is -2.42. The van der Waals surface area contributed by atoms with Crippen LogP contribution in [0.25, 0.3) is 105 Å². The fourth-order valence-corrected chi connectivity index (χ4v) is 9.95. The standard InChI is InChI=1S/C57H44N6/c1-56(2)29-30-57(3,4)46-34-49-44(33-45(46)56)50-43-18-9-8-14-36(43)24-28-48(50)63(49)42-25-21-39(22-26-42)53-60-54(41-16-10-15-40(32-41)35-12-6-5-7-13-35)62-55(61-53)47-27-23-38-20-19-37-17-11-31-58-51(37)52(38)59-47/h5-28,31-34H,29-30H2,1-4H3. The van der Waals surface area contributed by atoms with Crippen LogP contribution in [0.2, 0.25) is 0 Å². The van der Waals surface area contributed by atoms with Crippen LogP contribution < -0.4 is 0 Å². The number of aromatic nitrogens is 6. The summed E-state index contributed by atoms with van der Waals surface area (Å²) in [5.41, 5.74) is 12.9. The van der Waals surface area contributed by atoms with Crippen LogP contribution in [0.15, 0.2) is 170 Å². The smallest absolute Gasteiger partial charge is 0.182 e. The molecule has 63 heavy (non-hydrogen) atoms. The second-order valence-electron chi connectivity index (χ2n) is 18.4. The molecule has 0 spiro atoms. The van der Waals surface area contributed by atoms with Gasteiger partial charge in [-0.15, -0.1) is 0 Å². The van der Waals surface area contributed by atoms with Crippen LogP contribution in [-0.4, -0.2) is 29.5 Å². The van der Waals surface area contributed by atoms with E-state index in [9.17, 15) is 0 Å². The highest BCUT2D eigenvalue weighted by molar-refractivity contribution is 6.21. The van der Waals surface area contributed by atoms with E-state index in [0.29, 0.717) is 23.2 Å². The molecule has 0 fully saturated rings. The Morgan fingerprint density at radius 3 is 1.87 bits per heavy atom. The zero-order chi connectivity index (χ0) is 42.5. The van der Waals surface area contributed by atoms with Gasteiger partial charge in [-0.2, -0.15) is 0 Å². The first-order chi connectivity index (χ1) is 30.7. The van der Waals surface area contributed by atoms with Crippen LogP contribution in [0.3, 0.4) is 0 Å². The summed E-state index contributed by atoms with van der Waals surface area (Å²) in [6.07, 6.45) is 4.14. The summed E-state index contributed by atoms with van der Waals surface area (Å²) in [6.45, 7) is 9.64. The SMILES string of the molecule is CC1(C)CCC(C)(C)c2cc3c(cc21)c1c2ccccc2ccc1n3-c1ccc(-c2nc(-c3cccc(-c4ccccc4)c3)nc(-c3ccc4ccc5cccnc5c4n3)n2)cc1. The number of pyridine rings is 2. The predicted molar refractivity (Wildman–Crippen MR) is 259 cm³/mol. The second-order valence-corrected chi connectivity index (χ2v) is 18.4. The zero-order valence-corrected chi connectivity index (χ0v) is 35.8. The highest BCUT2D eigenvalue weighted by atomic mass is 15.0. The number of nitrogens with zero attached hydrogens (tertiary/aromatic N) is 6. The maximum atomic E-state index is 5.18. The van der Waals surface area contributed by atoms with E-state index in [1.807, 2.05) is 24.4 Å². The Morgan fingerprint density at radius 2 is 1.06 bits per heavy atom. The van der Waals surface area contributed by atoms with Crippen molar-refractivity contribution in [2.24, 2.45) is 0 Å². The normalized spacial score (nSPS) is 14.5. The lowest BCUT2D eigenvalue weighted by molar-refractivity contribution is 0.332. The van der Waals surface area contributed by atoms with E-state index in [1.165, 1.54) is 50.1 Å². The topological polar surface area (TPSA) is 69.4 Å². The second kappa shape index (κ2) is 14.0. The van der Waals surface area contributed by atoms with Gasteiger partial charge in [-0.1, -0.05) is 131 Å². The summed E-state index contributed by atoms with van der Waals surface area (Å²) in [7, 11) is 0. The minimum Gasteiger partial charge on any atom is -0.309 e. The summed E-state index contributed by atoms with van der Waals surface area (Å²) < 4.78 is 2.45. The summed E-state index contributed by atoms with van der Waals surface area (Å²) in [4.78, 5) is 25.3. The Balaban J connectivity index is 1.04. The van der Waals surface area contributed by atoms with E-state index in [4.69, 9.17) is 24.9 Å². The van der Waals surface area contributed by atoms with Crippen molar-refractivity contribution in [3.8, 4) is 51.1 Å². The molecule has 11 aromatic rings. The molecule has 1 aliphatic rings. The third-order valence-electron chi connectivity index (χ3n) is 13.5. The van der Waals surface area contributed by atoms with Gasteiger partial charge in [-0.05, 0) is 117 Å². The molecular formula is C57H44N6. The van der Waals surface area contributed by atoms with Gasteiger partial charge in [-0.3, -0.25) is 4.98 Å². The molecule has 1 aliphatic carbocycles. The Bertz CT molecular complexity index is 3620. The fourth-order valence-electron chi connectivity index (χ4n) is 9.95. The molecule has 0 saturated heterocycles. The molecule has 0 saturated carbocycles. The Morgan fingerprint density at radius 1 is 0.429 bits per heavy atom. The quantitative estimate of drug-likeness (QED) is 0.162. The molecule has 7 aromatic carbocycles. The van der Waals surface area contributed by atoms with E-state index in [2.05, 4.69) is 178 Å². The van der Waals surface area contributed by atoms with Crippen LogP contribution in [0.5, 0.6) is 0 Å². The molecule has 0 aliphatic heterocycles. The van der Waals surface area contributed by atoms with Crippen LogP contribution in [0, 0.1) is 0 Å². The van der Waals surface area contributed by atoms with Gasteiger partial charge in [0.05, 0.1) is 22.1 Å². The van der Waals surface area contributed by atoms with E-state index in [-0.39, 0.29) is 10.8 Å². The van der Waals surface area contributed by atoms with Gasteiger partial charge in [0.15, 0.2) is 17.5 Å². The Labute approximate surface area is 366 Å². The maximum Gasteiger partial charge on any atom is 0.182 e. The summed E-state index contributed by atoms with van der Waals surface area (Å²) in [6, 6.07) is 58.2. The van der Waals surface area contributed by atoms with Gasteiger partial charge in [0.2, 0.25) is 0 Å². The largest absolute Gasteiger partial charge is 0.309 e. The molecule has 0 amide bonds. The summed E-state index contributed by atoms with van der Waals surface area (Å²) >= 11 is 0. The predicted octanol–water partition coefficient (Wildman–Crippen LogP) is 14.2. The van der Waals surface area contributed by atoms with Crippen LogP contribution in [0.1, 0.15) is 51.7 Å². The van der Waals surface area contributed by atoms with Crippen LogP contribution in [-0.2, 0) is 10.8 Å². The van der Waals surface area contributed by atoms with Gasteiger partial charge in [0.1, 0.15) is 5.69 Å². The Hall–Kier alpha value is -7.57. The van der Waals surface area contributed by atoms with E-state index < -0.39 is 0 Å². The maximum absolute atomic E-state index is 5.18. The van der Waals surface area contributed by atoms with Gasteiger partial charge < -0.3 is 4.57 Å². The third kappa shape index (κ3) is 6.11.